The van der Waals surface area contributed by atoms with Crippen LogP contribution in [0, 0.1) is 6.92 Å². The largest absolute Gasteiger partial charge is 0.326 e. The molecule has 4 heteroatoms. The summed E-state index contributed by atoms with van der Waals surface area (Å²) in [6.07, 6.45) is 2.25. The van der Waals surface area contributed by atoms with E-state index in [2.05, 4.69) is 36.7 Å². The van der Waals surface area contributed by atoms with E-state index in [0.29, 0.717) is 6.04 Å². The molecular formula is C16H23N3O. The Morgan fingerprint density at radius 1 is 1.35 bits per heavy atom. The minimum atomic E-state index is 0.0289. The summed E-state index contributed by atoms with van der Waals surface area (Å²) in [5.74, 6) is 0. The van der Waals surface area contributed by atoms with Crippen molar-refractivity contribution in [1.29, 1.82) is 0 Å². The van der Waals surface area contributed by atoms with E-state index < -0.39 is 0 Å². The van der Waals surface area contributed by atoms with Crippen LogP contribution in [0.2, 0.25) is 0 Å². The van der Waals surface area contributed by atoms with Gasteiger partial charge in [0.05, 0.1) is 17.1 Å². The topological polar surface area (TPSA) is 41.0 Å². The average molecular weight is 273 g/mol. The van der Waals surface area contributed by atoms with Gasteiger partial charge in [-0.15, -0.1) is 0 Å². The van der Waals surface area contributed by atoms with Gasteiger partial charge in [-0.05, 0) is 57.9 Å². The number of hydrogen-bond donors (Lipinski definition) is 1. The Morgan fingerprint density at radius 2 is 2.15 bits per heavy atom. The molecule has 1 aromatic heterocycles. The van der Waals surface area contributed by atoms with Crippen LogP contribution in [0.3, 0.4) is 0 Å². The predicted octanol–water partition coefficient (Wildman–Crippen LogP) is 2.68. The van der Waals surface area contributed by atoms with Gasteiger partial charge < -0.3 is 4.98 Å². The summed E-state index contributed by atoms with van der Waals surface area (Å²) in [7, 11) is 0. The van der Waals surface area contributed by atoms with Crippen molar-refractivity contribution in [2.24, 2.45) is 0 Å². The predicted molar refractivity (Wildman–Crippen MR) is 82.3 cm³/mol. The summed E-state index contributed by atoms with van der Waals surface area (Å²) >= 11 is 0. The van der Waals surface area contributed by atoms with Crippen molar-refractivity contribution in [3.63, 3.8) is 0 Å². The summed E-state index contributed by atoms with van der Waals surface area (Å²) in [4.78, 5) is 17.8. The number of piperidine rings is 1. The first-order valence-electron chi connectivity index (χ1n) is 7.51. The Labute approximate surface area is 119 Å². The first-order chi connectivity index (χ1) is 9.56. The van der Waals surface area contributed by atoms with Crippen LogP contribution in [0.5, 0.6) is 0 Å². The Hall–Kier alpha value is -1.55. The smallest absolute Gasteiger partial charge is 0.306 e. The summed E-state index contributed by atoms with van der Waals surface area (Å²) < 4.78 is 1.97. The van der Waals surface area contributed by atoms with Gasteiger partial charge in [0.2, 0.25) is 0 Å². The second-order valence-corrected chi connectivity index (χ2v) is 6.21. The standard InChI is InChI=1S/C16H23N3O/c1-11(2)18-8-4-5-13(10-18)19-15-9-12(3)6-7-14(15)17-16(19)20/h6-7,9,11,13H,4-5,8,10H2,1-3H3,(H,17,20). The van der Waals surface area contributed by atoms with Crippen LogP contribution in [0.1, 0.15) is 38.3 Å². The van der Waals surface area contributed by atoms with Crippen LogP contribution < -0.4 is 5.69 Å². The molecule has 108 valence electrons. The van der Waals surface area contributed by atoms with E-state index >= 15 is 0 Å². The Morgan fingerprint density at radius 3 is 2.90 bits per heavy atom. The van der Waals surface area contributed by atoms with Crippen molar-refractivity contribution >= 4 is 11.0 Å². The number of nitrogens with zero attached hydrogens (tertiary/aromatic N) is 2. The van der Waals surface area contributed by atoms with Crippen molar-refractivity contribution in [3.05, 3.63) is 34.2 Å². The number of fused-ring (bicyclic) bond motifs is 1. The summed E-state index contributed by atoms with van der Waals surface area (Å²) in [5.41, 5.74) is 3.22. The molecular weight excluding hydrogens is 250 g/mol. The lowest BCUT2D eigenvalue weighted by molar-refractivity contribution is 0.143. The van der Waals surface area contributed by atoms with Gasteiger partial charge in [-0.3, -0.25) is 9.47 Å². The molecule has 1 aliphatic heterocycles. The minimum absolute atomic E-state index is 0.0289. The van der Waals surface area contributed by atoms with E-state index in [9.17, 15) is 4.79 Å². The van der Waals surface area contributed by atoms with Gasteiger partial charge in [-0.25, -0.2) is 4.79 Å². The van der Waals surface area contributed by atoms with Gasteiger partial charge in [0.25, 0.3) is 0 Å². The molecule has 0 radical (unpaired) electrons. The number of aromatic amines is 1. The first kappa shape index (κ1) is 13.4. The second-order valence-electron chi connectivity index (χ2n) is 6.21. The number of nitrogens with one attached hydrogen (secondary N) is 1. The molecule has 1 aromatic carbocycles. The molecule has 20 heavy (non-hydrogen) atoms. The Kier molecular flexibility index (Phi) is 3.42. The molecule has 0 amide bonds. The zero-order valence-electron chi connectivity index (χ0n) is 12.5. The van der Waals surface area contributed by atoms with Crippen molar-refractivity contribution in [2.75, 3.05) is 13.1 Å². The molecule has 1 unspecified atom stereocenters. The Balaban J connectivity index is 2.03. The summed E-state index contributed by atoms with van der Waals surface area (Å²) in [6, 6.07) is 6.99. The third-order valence-electron chi connectivity index (χ3n) is 4.40. The molecule has 0 spiro atoms. The van der Waals surface area contributed by atoms with Crippen molar-refractivity contribution in [1.82, 2.24) is 14.5 Å². The highest BCUT2D eigenvalue weighted by atomic mass is 16.1. The van der Waals surface area contributed by atoms with Gasteiger partial charge in [-0.2, -0.15) is 0 Å². The fraction of sp³-hybridized carbons (Fsp3) is 0.562. The van der Waals surface area contributed by atoms with Gasteiger partial charge in [-0.1, -0.05) is 6.07 Å². The van der Waals surface area contributed by atoms with Crippen LogP contribution >= 0.6 is 0 Å². The molecule has 0 aliphatic carbocycles. The molecule has 1 fully saturated rings. The quantitative estimate of drug-likeness (QED) is 0.914. The van der Waals surface area contributed by atoms with Gasteiger partial charge in [0, 0.05) is 12.6 Å². The molecule has 1 N–H and O–H groups in total. The van der Waals surface area contributed by atoms with Crippen molar-refractivity contribution in [3.8, 4) is 0 Å². The lowest BCUT2D eigenvalue weighted by Gasteiger charge is -2.35. The lowest BCUT2D eigenvalue weighted by atomic mass is 10.0. The highest BCUT2D eigenvalue weighted by Crippen LogP contribution is 2.25. The fourth-order valence-electron chi connectivity index (χ4n) is 3.26. The minimum Gasteiger partial charge on any atom is -0.306 e. The SMILES string of the molecule is Cc1ccc2[nH]c(=O)n(C3CCCN(C(C)C)C3)c2c1. The molecule has 2 aromatic rings. The zero-order chi connectivity index (χ0) is 14.3. The number of imidazole rings is 1. The van der Waals surface area contributed by atoms with Crippen LogP contribution in [0.15, 0.2) is 23.0 Å². The second kappa shape index (κ2) is 5.09. The maximum atomic E-state index is 12.3. The average Bonchev–Trinajstić information content (AvgIpc) is 2.74. The zero-order valence-corrected chi connectivity index (χ0v) is 12.5. The number of aryl methyl sites for hydroxylation is 1. The molecule has 1 aliphatic rings. The number of hydrogen-bond acceptors (Lipinski definition) is 2. The van der Waals surface area contributed by atoms with E-state index in [-0.39, 0.29) is 11.7 Å². The van der Waals surface area contributed by atoms with Crippen molar-refractivity contribution < 1.29 is 0 Å². The molecule has 0 bridgehead atoms. The first-order valence-corrected chi connectivity index (χ1v) is 7.51. The highest BCUT2D eigenvalue weighted by molar-refractivity contribution is 5.76. The number of aromatic nitrogens is 2. The molecule has 1 atom stereocenters. The number of benzene rings is 1. The number of likely N-dealkylation sites (tertiary alicyclic amines) is 1. The van der Waals surface area contributed by atoms with E-state index in [4.69, 9.17) is 0 Å². The van der Waals surface area contributed by atoms with Crippen molar-refractivity contribution in [2.45, 2.75) is 45.7 Å². The molecule has 1 saturated heterocycles. The number of rotatable bonds is 2. The fourth-order valence-corrected chi connectivity index (χ4v) is 3.26. The van der Waals surface area contributed by atoms with Crippen LogP contribution in [0.4, 0.5) is 0 Å². The molecule has 2 heterocycles. The third kappa shape index (κ3) is 2.29. The normalized spacial score (nSPS) is 20.9. The van der Waals surface area contributed by atoms with Crippen LogP contribution in [-0.4, -0.2) is 33.6 Å². The molecule has 0 saturated carbocycles. The van der Waals surface area contributed by atoms with E-state index in [1.54, 1.807) is 0 Å². The van der Waals surface area contributed by atoms with Gasteiger partial charge in [0.1, 0.15) is 0 Å². The van der Waals surface area contributed by atoms with E-state index in [1.807, 2.05) is 16.7 Å². The van der Waals surface area contributed by atoms with Gasteiger partial charge >= 0.3 is 5.69 Å². The highest BCUT2D eigenvalue weighted by Gasteiger charge is 2.25. The maximum Gasteiger partial charge on any atom is 0.326 e. The van der Waals surface area contributed by atoms with E-state index in [1.165, 1.54) is 5.56 Å². The third-order valence-corrected chi connectivity index (χ3v) is 4.40. The Bertz CT molecular complexity index is 668. The number of H-pyrrole nitrogens is 1. The lowest BCUT2D eigenvalue weighted by Crippen LogP contribution is -2.42. The van der Waals surface area contributed by atoms with E-state index in [0.717, 1.165) is 37.0 Å². The monoisotopic (exact) mass is 273 g/mol. The molecule has 4 nitrogen and oxygen atoms in total. The van der Waals surface area contributed by atoms with Crippen LogP contribution in [0.25, 0.3) is 11.0 Å². The summed E-state index contributed by atoms with van der Waals surface area (Å²) in [6.45, 7) is 8.64. The van der Waals surface area contributed by atoms with Gasteiger partial charge in [0.15, 0.2) is 0 Å². The maximum absolute atomic E-state index is 12.3. The van der Waals surface area contributed by atoms with Crippen LogP contribution in [-0.2, 0) is 0 Å². The molecule has 3 rings (SSSR count). The summed E-state index contributed by atoms with van der Waals surface area (Å²) in [5, 5.41) is 0.